The van der Waals surface area contributed by atoms with Crippen molar-refractivity contribution in [3.63, 3.8) is 0 Å². The van der Waals surface area contributed by atoms with Crippen LogP contribution in [0.15, 0.2) is 36.4 Å². The number of nitrogens with zero attached hydrogens (tertiary/aromatic N) is 3. The molecule has 4 rings (SSSR count). The Balaban J connectivity index is 1.38. The number of aromatic nitrogens is 1. The zero-order chi connectivity index (χ0) is 19.0. The number of hydrogen-bond acceptors (Lipinski definition) is 4. The molecule has 1 aliphatic rings. The van der Waals surface area contributed by atoms with E-state index in [2.05, 4.69) is 35.3 Å². The van der Waals surface area contributed by atoms with Crippen molar-refractivity contribution in [1.82, 2.24) is 9.88 Å². The molecular formula is C19H18Cl2N4OS. The average Bonchev–Trinajstić information content (AvgIpc) is 3.08. The van der Waals surface area contributed by atoms with Gasteiger partial charge in [-0.15, -0.1) is 0 Å². The number of thiazole rings is 1. The normalized spacial score (nSPS) is 14.6. The number of anilines is 2. The largest absolute Gasteiger partial charge is 0.345 e. The number of nitrogens with one attached hydrogen (secondary N) is 1. The lowest BCUT2D eigenvalue weighted by molar-refractivity contribution is 0.208. The highest BCUT2D eigenvalue weighted by Crippen LogP contribution is 2.30. The standard InChI is InChI=1S/C19H18Cl2N4OS/c1-12-2-5-16-17(10-12)27-19(23-16)25-8-6-24(7-9-25)18(26)22-13-3-4-14(20)15(21)11-13/h2-5,10-11H,6-9H2,1H3,(H,22,26). The lowest BCUT2D eigenvalue weighted by atomic mass is 10.2. The Hall–Kier alpha value is -2.02. The highest BCUT2D eigenvalue weighted by molar-refractivity contribution is 7.22. The van der Waals surface area contributed by atoms with Crippen LogP contribution in [-0.4, -0.2) is 42.1 Å². The second-order valence-corrected chi connectivity index (χ2v) is 8.32. The van der Waals surface area contributed by atoms with Crippen LogP contribution in [0.4, 0.5) is 15.6 Å². The summed E-state index contributed by atoms with van der Waals surface area (Å²) in [5.41, 5.74) is 2.90. The van der Waals surface area contributed by atoms with E-state index in [0.29, 0.717) is 28.8 Å². The van der Waals surface area contributed by atoms with E-state index in [1.165, 1.54) is 10.3 Å². The third-order valence-electron chi connectivity index (χ3n) is 4.54. The molecule has 0 aliphatic carbocycles. The molecule has 0 radical (unpaired) electrons. The number of aryl methyl sites for hydroxylation is 1. The second-order valence-electron chi connectivity index (χ2n) is 6.50. The quantitative estimate of drug-likeness (QED) is 0.614. The molecule has 1 fully saturated rings. The van der Waals surface area contributed by atoms with Crippen molar-refractivity contribution < 1.29 is 4.79 Å². The fraction of sp³-hybridized carbons (Fsp3) is 0.263. The molecule has 2 aromatic carbocycles. The molecule has 27 heavy (non-hydrogen) atoms. The van der Waals surface area contributed by atoms with Crippen molar-refractivity contribution in [3.8, 4) is 0 Å². The topological polar surface area (TPSA) is 48.5 Å². The zero-order valence-corrected chi connectivity index (χ0v) is 17.0. The predicted octanol–water partition coefficient (Wildman–Crippen LogP) is 5.27. The molecule has 1 aliphatic heterocycles. The zero-order valence-electron chi connectivity index (χ0n) is 14.7. The van der Waals surface area contributed by atoms with Gasteiger partial charge in [0.05, 0.1) is 20.3 Å². The van der Waals surface area contributed by atoms with E-state index >= 15 is 0 Å². The van der Waals surface area contributed by atoms with Gasteiger partial charge >= 0.3 is 6.03 Å². The molecule has 0 unspecified atom stereocenters. The number of hydrogen-bond donors (Lipinski definition) is 1. The van der Waals surface area contributed by atoms with Crippen LogP contribution in [0.25, 0.3) is 10.2 Å². The van der Waals surface area contributed by atoms with Crippen LogP contribution >= 0.6 is 34.5 Å². The molecule has 5 nitrogen and oxygen atoms in total. The molecule has 1 N–H and O–H groups in total. The predicted molar refractivity (Wildman–Crippen MR) is 114 cm³/mol. The van der Waals surface area contributed by atoms with E-state index in [1.807, 2.05) is 0 Å². The Morgan fingerprint density at radius 2 is 1.85 bits per heavy atom. The van der Waals surface area contributed by atoms with Gasteiger partial charge in [0.1, 0.15) is 0 Å². The number of piperazine rings is 1. The van der Waals surface area contributed by atoms with E-state index in [1.54, 1.807) is 34.4 Å². The van der Waals surface area contributed by atoms with Gasteiger partial charge in [0.2, 0.25) is 0 Å². The third-order valence-corrected chi connectivity index (χ3v) is 6.36. The number of carbonyl (C=O) groups is 1. The van der Waals surface area contributed by atoms with Crippen LogP contribution in [0.5, 0.6) is 0 Å². The summed E-state index contributed by atoms with van der Waals surface area (Å²) in [6.45, 7) is 4.88. The first-order chi connectivity index (χ1) is 13.0. The van der Waals surface area contributed by atoms with Crippen molar-refractivity contribution in [2.24, 2.45) is 0 Å². The monoisotopic (exact) mass is 420 g/mol. The number of amides is 2. The van der Waals surface area contributed by atoms with E-state index in [4.69, 9.17) is 28.2 Å². The summed E-state index contributed by atoms with van der Waals surface area (Å²) < 4.78 is 1.20. The van der Waals surface area contributed by atoms with Gasteiger partial charge in [0.25, 0.3) is 0 Å². The van der Waals surface area contributed by atoms with Gasteiger partial charge in [0.15, 0.2) is 5.13 Å². The molecule has 3 aromatic rings. The minimum Gasteiger partial charge on any atom is -0.345 e. The van der Waals surface area contributed by atoms with Crippen molar-refractivity contribution >= 4 is 61.6 Å². The van der Waals surface area contributed by atoms with E-state index in [0.717, 1.165) is 23.7 Å². The molecule has 140 valence electrons. The summed E-state index contributed by atoms with van der Waals surface area (Å²) in [4.78, 5) is 21.3. The molecule has 2 amide bonds. The molecule has 8 heteroatoms. The third kappa shape index (κ3) is 3.98. The molecule has 2 heterocycles. The summed E-state index contributed by atoms with van der Waals surface area (Å²) in [5.74, 6) is 0. The summed E-state index contributed by atoms with van der Waals surface area (Å²) >= 11 is 13.6. The lowest BCUT2D eigenvalue weighted by Gasteiger charge is -2.34. The first-order valence-corrected chi connectivity index (χ1v) is 10.2. The van der Waals surface area contributed by atoms with Crippen molar-refractivity contribution in [2.75, 3.05) is 36.4 Å². The van der Waals surface area contributed by atoms with Gasteiger partial charge in [-0.2, -0.15) is 0 Å². The van der Waals surface area contributed by atoms with Crippen LogP contribution < -0.4 is 10.2 Å². The number of urea groups is 1. The second kappa shape index (κ2) is 7.54. The minimum atomic E-state index is -0.132. The fourth-order valence-corrected chi connectivity index (χ4v) is 4.45. The van der Waals surface area contributed by atoms with Crippen LogP contribution in [0.2, 0.25) is 10.0 Å². The van der Waals surface area contributed by atoms with Crippen molar-refractivity contribution in [2.45, 2.75) is 6.92 Å². The summed E-state index contributed by atoms with van der Waals surface area (Å²) in [5, 5.41) is 4.78. The first kappa shape index (κ1) is 18.3. The van der Waals surface area contributed by atoms with Gasteiger partial charge in [0, 0.05) is 31.9 Å². The minimum absolute atomic E-state index is 0.132. The lowest BCUT2D eigenvalue weighted by Crippen LogP contribution is -2.50. The summed E-state index contributed by atoms with van der Waals surface area (Å²) in [7, 11) is 0. The summed E-state index contributed by atoms with van der Waals surface area (Å²) in [6, 6.07) is 11.2. The Labute approximate surface area is 171 Å². The summed E-state index contributed by atoms with van der Waals surface area (Å²) in [6.07, 6.45) is 0. The van der Waals surface area contributed by atoms with Crippen molar-refractivity contribution in [3.05, 3.63) is 52.0 Å². The van der Waals surface area contributed by atoms with Gasteiger partial charge in [-0.05, 0) is 42.8 Å². The molecule has 1 saturated heterocycles. The van der Waals surface area contributed by atoms with E-state index in [9.17, 15) is 4.79 Å². The fourth-order valence-electron chi connectivity index (χ4n) is 3.03. The Kier molecular flexibility index (Phi) is 5.12. The Morgan fingerprint density at radius 1 is 1.07 bits per heavy atom. The van der Waals surface area contributed by atoms with Gasteiger partial charge in [-0.25, -0.2) is 9.78 Å². The number of halogens is 2. The smallest absolute Gasteiger partial charge is 0.321 e. The van der Waals surface area contributed by atoms with Crippen molar-refractivity contribution in [1.29, 1.82) is 0 Å². The van der Waals surface area contributed by atoms with Crippen LogP contribution in [0.1, 0.15) is 5.56 Å². The maximum Gasteiger partial charge on any atom is 0.321 e. The maximum absolute atomic E-state index is 12.5. The SMILES string of the molecule is Cc1ccc2nc(N3CCN(C(=O)Nc4ccc(Cl)c(Cl)c4)CC3)sc2c1. The molecular weight excluding hydrogens is 403 g/mol. The maximum atomic E-state index is 12.5. The van der Waals surface area contributed by atoms with Crippen LogP contribution in [0, 0.1) is 6.92 Å². The van der Waals surface area contributed by atoms with E-state index < -0.39 is 0 Å². The molecule has 0 spiro atoms. The number of benzene rings is 2. The Morgan fingerprint density at radius 3 is 2.59 bits per heavy atom. The highest BCUT2D eigenvalue weighted by Gasteiger charge is 2.23. The van der Waals surface area contributed by atoms with Crippen LogP contribution in [0.3, 0.4) is 0 Å². The van der Waals surface area contributed by atoms with Gasteiger partial charge in [-0.1, -0.05) is 40.6 Å². The first-order valence-electron chi connectivity index (χ1n) is 8.63. The number of rotatable bonds is 2. The molecule has 0 bridgehead atoms. The molecule has 0 saturated carbocycles. The Bertz CT molecular complexity index is 999. The molecule has 0 atom stereocenters. The van der Waals surface area contributed by atoms with Gasteiger partial charge in [-0.3, -0.25) is 0 Å². The highest BCUT2D eigenvalue weighted by atomic mass is 35.5. The number of fused-ring (bicyclic) bond motifs is 1. The number of carbonyl (C=O) groups excluding carboxylic acids is 1. The van der Waals surface area contributed by atoms with Crippen LogP contribution in [-0.2, 0) is 0 Å². The average molecular weight is 421 g/mol. The van der Waals surface area contributed by atoms with Gasteiger partial charge < -0.3 is 15.1 Å². The van der Waals surface area contributed by atoms with E-state index in [-0.39, 0.29) is 6.03 Å². The molecule has 1 aromatic heterocycles.